The monoisotopic (exact) mass is 254 g/mol. The summed E-state index contributed by atoms with van der Waals surface area (Å²) in [6.07, 6.45) is 2.11. The van der Waals surface area contributed by atoms with E-state index in [1.54, 1.807) is 0 Å². The van der Waals surface area contributed by atoms with E-state index in [0.717, 1.165) is 48.0 Å². The molecule has 1 fully saturated rings. The fourth-order valence-electron chi connectivity index (χ4n) is 2.26. The summed E-state index contributed by atoms with van der Waals surface area (Å²) in [5.41, 5.74) is 8.92. The first-order valence-corrected chi connectivity index (χ1v) is 6.33. The second-order valence-electron chi connectivity index (χ2n) is 4.61. The van der Waals surface area contributed by atoms with Gasteiger partial charge in [0.1, 0.15) is 0 Å². The summed E-state index contributed by atoms with van der Waals surface area (Å²) < 4.78 is 5.38. The van der Waals surface area contributed by atoms with Crippen molar-refractivity contribution >= 4 is 23.0 Å². The van der Waals surface area contributed by atoms with E-state index in [9.17, 15) is 0 Å². The van der Waals surface area contributed by atoms with Crippen LogP contribution >= 0.6 is 11.6 Å². The SMILES string of the molecule is Cc1cc(N(C)C2CCOCC2)c(N)cc1Cl. The van der Waals surface area contributed by atoms with Crippen molar-refractivity contribution in [3.05, 3.63) is 22.7 Å². The van der Waals surface area contributed by atoms with E-state index in [4.69, 9.17) is 22.1 Å². The maximum atomic E-state index is 6.06. The number of halogens is 1. The molecule has 0 spiro atoms. The van der Waals surface area contributed by atoms with Gasteiger partial charge in [-0.05, 0) is 37.5 Å². The predicted octanol–water partition coefficient (Wildman–Crippen LogP) is 2.85. The highest BCUT2D eigenvalue weighted by molar-refractivity contribution is 6.31. The third-order valence-electron chi connectivity index (χ3n) is 3.43. The van der Waals surface area contributed by atoms with Crippen molar-refractivity contribution in [2.24, 2.45) is 0 Å². The van der Waals surface area contributed by atoms with Gasteiger partial charge in [0.2, 0.25) is 0 Å². The van der Waals surface area contributed by atoms with Gasteiger partial charge >= 0.3 is 0 Å². The topological polar surface area (TPSA) is 38.5 Å². The molecule has 94 valence electrons. The Hall–Kier alpha value is -0.930. The molecular weight excluding hydrogens is 236 g/mol. The van der Waals surface area contributed by atoms with Gasteiger partial charge in [-0.1, -0.05) is 11.6 Å². The molecular formula is C13H19ClN2O. The van der Waals surface area contributed by atoms with Crippen LogP contribution in [0.3, 0.4) is 0 Å². The normalized spacial score (nSPS) is 17.1. The second-order valence-corrected chi connectivity index (χ2v) is 5.02. The van der Waals surface area contributed by atoms with Gasteiger partial charge in [0.25, 0.3) is 0 Å². The highest BCUT2D eigenvalue weighted by Crippen LogP contribution is 2.31. The van der Waals surface area contributed by atoms with Gasteiger partial charge in [0.05, 0.1) is 11.4 Å². The van der Waals surface area contributed by atoms with Gasteiger partial charge in [-0.2, -0.15) is 0 Å². The zero-order valence-electron chi connectivity index (χ0n) is 10.4. The molecule has 1 saturated heterocycles. The average Bonchev–Trinajstić information content (AvgIpc) is 2.34. The van der Waals surface area contributed by atoms with Gasteiger partial charge in [0, 0.05) is 31.3 Å². The largest absolute Gasteiger partial charge is 0.397 e. The molecule has 0 amide bonds. The number of hydrogen-bond acceptors (Lipinski definition) is 3. The number of nitrogens with two attached hydrogens (primary N) is 1. The van der Waals surface area contributed by atoms with Crippen molar-refractivity contribution in [1.82, 2.24) is 0 Å². The minimum Gasteiger partial charge on any atom is -0.397 e. The lowest BCUT2D eigenvalue weighted by molar-refractivity contribution is 0.0855. The second kappa shape index (κ2) is 5.15. The van der Waals surface area contributed by atoms with Crippen LogP contribution in [0.15, 0.2) is 12.1 Å². The van der Waals surface area contributed by atoms with Crippen LogP contribution in [0.2, 0.25) is 5.02 Å². The Morgan fingerprint density at radius 1 is 1.35 bits per heavy atom. The molecule has 2 N–H and O–H groups in total. The standard InChI is InChI=1S/C13H19ClN2O/c1-9-7-13(12(15)8-11(9)14)16(2)10-3-5-17-6-4-10/h7-8,10H,3-6,15H2,1-2H3. The molecule has 1 heterocycles. The van der Waals surface area contributed by atoms with E-state index < -0.39 is 0 Å². The van der Waals surface area contributed by atoms with Crippen LogP contribution in [0.5, 0.6) is 0 Å². The van der Waals surface area contributed by atoms with Gasteiger partial charge in [-0.25, -0.2) is 0 Å². The molecule has 17 heavy (non-hydrogen) atoms. The lowest BCUT2D eigenvalue weighted by Gasteiger charge is -2.33. The fourth-order valence-corrected chi connectivity index (χ4v) is 2.43. The molecule has 3 nitrogen and oxygen atoms in total. The maximum absolute atomic E-state index is 6.06. The average molecular weight is 255 g/mol. The Morgan fingerprint density at radius 2 is 2.00 bits per heavy atom. The van der Waals surface area contributed by atoms with Crippen molar-refractivity contribution in [3.8, 4) is 0 Å². The summed E-state index contributed by atoms with van der Waals surface area (Å²) in [6.45, 7) is 3.67. The van der Waals surface area contributed by atoms with E-state index >= 15 is 0 Å². The Labute approximate surface area is 107 Å². The van der Waals surface area contributed by atoms with Crippen molar-refractivity contribution in [1.29, 1.82) is 0 Å². The summed E-state index contributed by atoms with van der Waals surface area (Å²) in [5, 5.41) is 0.728. The maximum Gasteiger partial charge on any atom is 0.0603 e. The molecule has 0 aromatic heterocycles. The molecule has 0 aliphatic carbocycles. The molecule has 0 atom stereocenters. The van der Waals surface area contributed by atoms with Crippen LogP contribution in [-0.4, -0.2) is 26.3 Å². The minimum atomic E-state index is 0.506. The summed E-state index contributed by atoms with van der Waals surface area (Å²) in [7, 11) is 2.09. The molecule has 1 aromatic rings. The van der Waals surface area contributed by atoms with Crippen molar-refractivity contribution < 1.29 is 4.74 Å². The van der Waals surface area contributed by atoms with E-state index in [2.05, 4.69) is 18.0 Å². The Bertz CT molecular complexity index is 403. The molecule has 1 aliphatic rings. The van der Waals surface area contributed by atoms with Gasteiger partial charge in [-0.3, -0.25) is 0 Å². The molecule has 1 aliphatic heterocycles. The minimum absolute atomic E-state index is 0.506. The number of nitrogen functional groups attached to an aromatic ring is 1. The summed E-state index contributed by atoms with van der Waals surface area (Å²) in [6, 6.07) is 4.40. The summed E-state index contributed by atoms with van der Waals surface area (Å²) in [5.74, 6) is 0. The van der Waals surface area contributed by atoms with Crippen molar-refractivity contribution in [2.45, 2.75) is 25.8 Å². The Kier molecular flexibility index (Phi) is 3.79. The van der Waals surface area contributed by atoms with E-state index in [0.29, 0.717) is 6.04 Å². The molecule has 4 heteroatoms. The van der Waals surface area contributed by atoms with Gasteiger partial charge in [0.15, 0.2) is 0 Å². The smallest absolute Gasteiger partial charge is 0.0603 e. The Morgan fingerprint density at radius 3 is 2.65 bits per heavy atom. The van der Waals surface area contributed by atoms with Crippen LogP contribution in [0.1, 0.15) is 18.4 Å². The first kappa shape index (κ1) is 12.5. The van der Waals surface area contributed by atoms with E-state index in [-0.39, 0.29) is 0 Å². The van der Waals surface area contributed by atoms with Crippen LogP contribution < -0.4 is 10.6 Å². The van der Waals surface area contributed by atoms with Crippen LogP contribution in [0, 0.1) is 6.92 Å². The van der Waals surface area contributed by atoms with Crippen molar-refractivity contribution in [3.63, 3.8) is 0 Å². The predicted molar refractivity (Wildman–Crippen MR) is 72.8 cm³/mol. The highest BCUT2D eigenvalue weighted by Gasteiger charge is 2.20. The number of aryl methyl sites for hydroxylation is 1. The lowest BCUT2D eigenvalue weighted by atomic mass is 10.1. The molecule has 1 aromatic carbocycles. The number of benzene rings is 1. The van der Waals surface area contributed by atoms with Crippen LogP contribution in [0.4, 0.5) is 11.4 Å². The van der Waals surface area contributed by atoms with Gasteiger partial charge in [-0.15, -0.1) is 0 Å². The molecule has 0 radical (unpaired) electrons. The van der Waals surface area contributed by atoms with Crippen molar-refractivity contribution in [2.75, 3.05) is 30.9 Å². The third kappa shape index (κ3) is 2.67. The van der Waals surface area contributed by atoms with Crippen LogP contribution in [0.25, 0.3) is 0 Å². The van der Waals surface area contributed by atoms with Gasteiger partial charge < -0.3 is 15.4 Å². The number of anilines is 2. The van der Waals surface area contributed by atoms with Crippen LogP contribution in [-0.2, 0) is 4.74 Å². The number of rotatable bonds is 2. The molecule has 2 rings (SSSR count). The first-order valence-electron chi connectivity index (χ1n) is 5.96. The van der Waals surface area contributed by atoms with E-state index in [1.807, 2.05) is 13.0 Å². The lowest BCUT2D eigenvalue weighted by Crippen LogP contribution is -2.37. The summed E-state index contributed by atoms with van der Waals surface area (Å²) >= 11 is 6.06. The molecule has 0 saturated carbocycles. The molecule has 0 unspecified atom stereocenters. The third-order valence-corrected chi connectivity index (χ3v) is 3.83. The Balaban J connectivity index is 2.23. The zero-order valence-corrected chi connectivity index (χ0v) is 11.1. The number of hydrogen-bond donors (Lipinski definition) is 1. The van der Waals surface area contributed by atoms with E-state index in [1.165, 1.54) is 0 Å². The number of ether oxygens (including phenoxy) is 1. The highest BCUT2D eigenvalue weighted by atomic mass is 35.5. The first-order chi connectivity index (χ1) is 8.09. The number of nitrogens with zero attached hydrogens (tertiary/aromatic N) is 1. The summed E-state index contributed by atoms with van der Waals surface area (Å²) in [4.78, 5) is 2.25. The molecule has 0 bridgehead atoms. The zero-order chi connectivity index (χ0) is 12.4. The quantitative estimate of drug-likeness (QED) is 0.825. The fraction of sp³-hybridized carbons (Fsp3) is 0.538.